The number of hydrogen-bond acceptors (Lipinski definition) is 2. The fraction of sp³-hybridized carbons (Fsp3) is 0.0769. The molecule has 33 heavy (non-hydrogen) atoms. The number of fused-ring (bicyclic) bond motifs is 1. The average molecular weight is 463 g/mol. The minimum Gasteiger partial charge on any atom is -0.287 e. The minimum atomic E-state index is -4.77. The summed E-state index contributed by atoms with van der Waals surface area (Å²) in [5, 5.41) is 6.37. The highest BCUT2D eigenvalue weighted by Crippen LogP contribution is 2.37. The van der Waals surface area contributed by atoms with Crippen molar-refractivity contribution >= 4 is 54.8 Å². The molecule has 0 aliphatic carbocycles. The molecule has 6 rings (SSSR count). The molecule has 7 heteroatoms. The lowest BCUT2D eigenvalue weighted by molar-refractivity contribution is -0.140. The summed E-state index contributed by atoms with van der Waals surface area (Å²) in [6.07, 6.45) is -4.77. The van der Waals surface area contributed by atoms with Crippen molar-refractivity contribution in [3.8, 4) is 0 Å². The Morgan fingerprint density at radius 2 is 1.48 bits per heavy atom. The molecule has 162 valence electrons. The van der Waals surface area contributed by atoms with Crippen LogP contribution in [0.4, 0.5) is 13.2 Å². The van der Waals surface area contributed by atoms with E-state index in [2.05, 4.69) is 29.2 Å². The van der Waals surface area contributed by atoms with Gasteiger partial charge < -0.3 is 0 Å². The molecular formula is C26H14ClF3N2O. The first kappa shape index (κ1) is 20.0. The summed E-state index contributed by atoms with van der Waals surface area (Å²) in [4.78, 5) is 16.2. The Bertz CT molecular complexity index is 1760. The van der Waals surface area contributed by atoms with Gasteiger partial charge in [-0.25, -0.2) is 4.79 Å². The fourth-order valence-corrected chi connectivity index (χ4v) is 4.90. The molecule has 0 unspecified atom stereocenters. The molecule has 0 aliphatic heterocycles. The van der Waals surface area contributed by atoms with Gasteiger partial charge in [0.05, 0.1) is 12.1 Å². The van der Waals surface area contributed by atoms with Gasteiger partial charge in [-0.2, -0.15) is 18.2 Å². The van der Waals surface area contributed by atoms with Gasteiger partial charge in [0, 0.05) is 10.4 Å². The maximum atomic E-state index is 13.6. The average Bonchev–Trinajstić information content (AvgIpc) is 2.79. The van der Waals surface area contributed by atoms with E-state index in [0.29, 0.717) is 0 Å². The molecule has 1 heterocycles. The molecule has 5 aromatic carbocycles. The van der Waals surface area contributed by atoms with Crippen LogP contribution in [0.15, 0.2) is 77.6 Å². The van der Waals surface area contributed by atoms with Crippen LogP contribution in [-0.4, -0.2) is 9.55 Å². The van der Waals surface area contributed by atoms with Crippen molar-refractivity contribution in [3.63, 3.8) is 0 Å². The highest BCUT2D eigenvalue weighted by Gasteiger charge is 2.36. The van der Waals surface area contributed by atoms with Gasteiger partial charge in [-0.1, -0.05) is 66.2 Å². The quantitative estimate of drug-likeness (QED) is 0.259. The molecular weight excluding hydrogens is 449 g/mol. The lowest BCUT2D eigenvalue weighted by Crippen LogP contribution is -2.28. The van der Waals surface area contributed by atoms with E-state index in [9.17, 15) is 18.0 Å². The predicted octanol–water partition coefficient (Wildman–Crippen LogP) is 7.01. The van der Waals surface area contributed by atoms with E-state index < -0.39 is 17.6 Å². The number of alkyl halides is 3. The second kappa shape index (κ2) is 6.93. The van der Waals surface area contributed by atoms with Crippen LogP contribution in [0.2, 0.25) is 5.02 Å². The molecule has 3 nitrogen and oxygen atoms in total. The molecule has 0 fully saturated rings. The molecule has 0 bridgehead atoms. The van der Waals surface area contributed by atoms with Crippen molar-refractivity contribution in [2.45, 2.75) is 12.7 Å². The molecule has 0 atom stereocenters. The first-order chi connectivity index (χ1) is 15.8. The summed E-state index contributed by atoms with van der Waals surface area (Å²) in [6.45, 7) is 0.0796. The van der Waals surface area contributed by atoms with E-state index in [1.54, 1.807) is 0 Å². The van der Waals surface area contributed by atoms with E-state index in [4.69, 9.17) is 11.6 Å². The maximum Gasteiger partial charge on any atom is 0.434 e. The minimum absolute atomic E-state index is 0.0796. The van der Waals surface area contributed by atoms with Crippen LogP contribution in [0.3, 0.4) is 0 Å². The Kier molecular flexibility index (Phi) is 4.20. The SMILES string of the molecule is O=c1nc(C(F)(F)F)c2cc(Cl)ccc2n1Cc1ccc2ccc3cccc4ccc1c2c34. The van der Waals surface area contributed by atoms with Crippen LogP contribution >= 0.6 is 11.6 Å². The van der Waals surface area contributed by atoms with Gasteiger partial charge in [0.1, 0.15) is 0 Å². The molecule has 0 amide bonds. The zero-order valence-corrected chi connectivity index (χ0v) is 17.7. The molecule has 0 saturated carbocycles. The van der Waals surface area contributed by atoms with E-state index in [-0.39, 0.29) is 22.5 Å². The Labute approximate surface area is 190 Å². The van der Waals surface area contributed by atoms with Crippen LogP contribution in [0.5, 0.6) is 0 Å². The molecule has 0 radical (unpaired) electrons. The Hall–Kier alpha value is -3.64. The van der Waals surface area contributed by atoms with Gasteiger partial charge in [-0.15, -0.1) is 0 Å². The third-order valence-electron chi connectivity index (χ3n) is 6.16. The van der Waals surface area contributed by atoms with E-state index in [1.807, 2.05) is 30.3 Å². The van der Waals surface area contributed by atoms with Crippen LogP contribution in [-0.2, 0) is 12.7 Å². The third-order valence-corrected chi connectivity index (χ3v) is 6.39. The zero-order valence-electron chi connectivity index (χ0n) is 16.9. The summed E-state index contributed by atoms with van der Waals surface area (Å²) in [5.74, 6) is 0. The highest BCUT2D eigenvalue weighted by atomic mass is 35.5. The van der Waals surface area contributed by atoms with Crippen LogP contribution in [0.1, 0.15) is 11.3 Å². The van der Waals surface area contributed by atoms with Gasteiger partial charge in [0.15, 0.2) is 5.69 Å². The predicted molar refractivity (Wildman–Crippen MR) is 125 cm³/mol. The largest absolute Gasteiger partial charge is 0.434 e. The van der Waals surface area contributed by atoms with Gasteiger partial charge in [-0.3, -0.25) is 4.57 Å². The maximum absolute atomic E-state index is 13.6. The molecule has 0 aliphatic rings. The lowest BCUT2D eigenvalue weighted by Gasteiger charge is -2.17. The van der Waals surface area contributed by atoms with Gasteiger partial charge in [-0.05, 0) is 56.1 Å². The number of nitrogens with zero attached hydrogens (tertiary/aromatic N) is 2. The molecule has 0 N–H and O–H groups in total. The number of hydrogen-bond donors (Lipinski definition) is 0. The highest BCUT2D eigenvalue weighted by molar-refractivity contribution is 6.31. The third kappa shape index (κ3) is 3.05. The van der Waals surface area contributed by atoms with Gasteiger partial charge in [0.25, 0.3) is 0 Å². The zero-order chi connectivity index (χ0) is 22.9. The number of benzene rings is 5. The summed E-state index contributed by atoms with van der Waals surface area (Å²) in [6, 6.07) is 22.3. The molecule has 6 aromatic rings. The van der Waals surface area contributed by atoms with Crippen LogP contribution < -0.4 is 5.69 Å². The Morgan fingerprint density at radius 3 is 2.21 bits per heavy atom. The lowest BCUT2D eigenvalue weighted by atomic mass is 9.92. The molecule has 0 spiro atoms. The van der Waals surface area contributed by atoms with E-state index >= 15 is 0 Å². The fourth-order valence-electron chi connectivity index (χ4n) is 4.73. The van der Waals surface area contributed by atoms with Crippen molar-refractivity contribution in [2.75, 3.05) is 0 Å². The Balaban J connectivity index is 1.63. The van der Waals surface area contributed by atoms with Crippen LogP contribution in [0.25, 0.3) is 43.2 Å². The van der Waals surface area contributed by atoms with E-state index in [0.717, 1.165) is 37.9 Å². The van der Waals surface area contributed by atoms with Gasteiger partial charge in [0.2, 0.25) is 0 Å². The molecule has 0 saturated heterocycles. The van der Waals surface area contributed by atoms with Crippen molar-refractivity contribution < 1.29 is 13.2 Å². The van der Waals surface area contributed by atoms with Crippen molar-refractivity contribution in [1.29, 1.82) is 0 Å². The second-order valence-electron chi connectivity index (χ2n) is 8.07. The standard InChI is InChI=1S/C26H14ClF3N2O/c27-18-9-11-21-20(12-18)24(26(28,29)30)31-25(33)32(21)13-17-7-6-16-5-4-14-2-1-3-15-8-10-19(17)23(16)22(14)15/h1-12H,13H2. The number of aromatic nitrogens is 2. The van der Waals surface area contributed by atoms with Crippen LogP contribution in [0, 0.1) is 0 Å². The Morgan fingerprint density at radius 1 is 0.818 bits per heavy atom. The summed E-state index contributed by atoms with van der Waals surface area (Å²) < 4.78 is 42.0. The smallest absolute Gasteiger partial charge is 0.287 e. The number of halogens is 4. The summed E-state index contributed by atoms with van der Waals surface area (Å²) >= 11 is 5.98. The molecule has 1 aromatic heterocycles. The summed E-state index contributed by atoms with van der Waals surface area (Å²) in [7, 11) is 0. The van der Waals surface area contributed by atoms with E-state index in [1.165, 1.54) is 22.8 Å². The number of rotatable bonds is 2. The summed E-state index contributed by atoms with van der Waals surface area (Å²) in [5.41, 5.74) is -1.22. The topological polar surface area (TPSA) is 34.9 Å². The second-order valence-corrected chi connectivity index (χ2v) is 8.51. The van der Waals surface area contributed by atoms with Gasteiger partial charge >= 0.3 is 11.9 Å². The van der Waals surface area contributed by atoms with Crippen molar-refractivity contribution in [1.82, 2.24) is 9.55 Å². The monoisotopic (exact) mass is 462 g/mol. The first-order valence-corrected chi connectivity index (χ1v) is 10.6. The first-order valence-electron chi connectivity index (χ1n) is 10.2. The normalized spacial score (nSPS) is 12.5. The van der Waals surface area contributed by atoms with Crippen molar-refractivity contribution in [2.24, 2.45) is 0 Å². The van der Waals surface area contributed by atoms with Crippen molar-refractivity contribution in [3.05, 3.63) is 99.6 Å².